The predicted octanol–water partition coefficient (Wildman–Crippen LogP) is 30.6. The number of phosphoric acid groups is 2. The summed E-state index contributed by atoms with van der Waals surface area (Å²) in [5, 5.41) is 20.8. The van der Waals surface area contributed by atoms with E-state index in [2.05, 4.69) is 215 Å². The number of unbranched alkanes of at least 4 members (excludes halogenated alkanes) is 36. The van der Waals surface area contributed by atoms with E-state index in [4.69, 9.17) is 32.3 Å². The van der Waals surface area contributed by atoms with E-state index in [1.165, 1.54) is 161 Å². The molecule has 0 bridgehead atoms. The number of esters is 3. The molecule has 0 radical (unpaired) electrons. The van der Waals surface area contributed by atoms with Crippen LogP contribution >= 0.6 is 15.6 Å². The summed E-state index contributed by atoms with van der Waals surface area (Å²) < 4.78 is 61.6. The van der Waals surface area contributed by atoms with E-state index in [0.717, 1.165) is 173 Å². The molecule has 0 fully saturated rings. The molecule has 0 spiro atoms. The highest BCUT2D eigenvalue weighted by atomic mass is 31.2. The number of aliphatic hydroxyl groups is 2. The zero-order valence-corrected chi connectivity index (χ0v) is 79.3. The number of allylic oxidation sites excluding steroid dienone is 32. The Labute approximate surface area is 750 Å². The number of ether oxygens (including phenoxy) is 3. The molecule has 4 N–H and O–H groups in total. The van der Waals surface area contributed by atoms with Gasteiger partial charge in [0.2, 0.25) is 0 Å². The predicted molar refractivity (Wildman–Crippen MR) is 518 cm³/mol. The fraction of sp³-hybridized carbons (Fsp3) is 0.667. The van der Waals surface area contributed by atoms with Crippen molar-refractivity contribution >= 4 is 33.6 Å². The van der Waals surface area contributed by atoms with Gasteiger partial charge in [0.1, 0.15) is 25.4 Å². The van der Waals surface area contributed by atoms with Crippen LogP contribution in [0.1, 0.15) is 393 Å². The van der Waals surface area contributed by atoms with Gasteiger partial charge in [0.25, 0.3) is 0 Å². The van der Waals surface area contributed by atoms with Gasteiger partial charge < -0.3 is 34.2 Å². The lowest BCUT2D eigenvalue weighted by Crippen LogP contribution is -2.30. The van der Waals surface area contributed by atoms with Gasteiger partial charge in [-0.2, -0.15) is 0 Å². The van der Waals surface area contributed by atoms with E-state index in [-0.39, 0.29) is 19.3 Å². The van der Waals surface area contributed by atoms with Crippen molar-refractivity contribution in [2.24, 2.45) is 0 Å². The Morgan fingerprint density at radius 3 is 0.642 bits per heavy atom. The first-order valence-electron chi connectivity index (χ1n) is 48.7. The summed E-state index contributed by atoms with van der Waals surface area (Å²) in [5.74, 6) is -1.60. The molecule has 0 saturated carbocycles. The maximum absolute atomic E-state index is 13.1. The Bertz CT molecular complexity index is 3020. The number of rotatable bonds is 91. The lowest BCUT2D eigenvalue weighted by Gasteiger charge is -2.21. The molecule has 702 valence electrons. The van der Waals surface area contributed by atoms with Gasteiger partial charge in [-0.3, -0.25) is 32.5 Å². The molecule has 0 aliphatic heterocycles. The molecule has 16 nitrogen and oxygen atoms in total. The second kappa shape index (κ2) is 95.5. The first-order valence-corrected chi connectivity index (χ1v) is 51.7. The SMILES string of the molecule is CC/C=C\C/C=C\C/C=C\C/C=C\C/C=C\C/C=C\CCCCCCC(=O)OC(COC(=O)CCCCCCCCCCCCCCCCC/C=C\C/C=C\C/C=C\C/C=C\C/C=C\CC)COP(=O)(O)OCC(O)COP(=O)(O)OCC(O)COC(=O)CCCCCCCCCCCCCCCCCCC/C=C\C/C=C\C/C=C\C/C=C\C/C=C\CC. The van der Waals surface area contributed by atoms with Crippen molar-refractivity contribution in [3.8, 4) is 0 Å². The molecular weight excluding hydrogens is 1580 g/mol. The van der Waals surface area contributed by atoms with Crippen LogP contribution in [0.2, 0.25) is 0 Å². The third kappa shape index (κ3) is 96.9. The normalized spacial score (nSPS) is 14.6. The van der Waals surface area contributed by atoms with Crippen LogP contribution in [0.5, 0.6) is 0 Å². The van der Waals surface area contributed by atoms with E-state index in [1.807, 2.05) is 0 Å². The van der Waals surface area contributed by atoms with Crippen LogP contribution in [0.3, 0.4) is 0 Å². The zero-order valence-electron chi connectivity index (χ0n) is 77.5. The monoisotopic (exact) mass is 1760 g/mol. The summed E-state index contributed by atoms with van der Waals surface area (Å²) in [6, 6.07) is 0. The number of carbonyl (C=O) groups excluding carboxylic acids is 3. The standard InChI is InChI=1S/C105H176O16P2/c1-4-7-10-13-16-19-22-25-28-31-34-37-40-42-44-46-48-49-51-53-54-56-59-61-64-67-70-73-76-79-82-85-88-91-103(108)115-94-100(106)95-117-122(111,112)118-96-101(107)97-119-123(113,114)120-99-102(121-105(110)93-90-87-84-81-78-75-72-69-66-63-58-39-36-33-30-27-24-21-18-15-12-9-6-3)98-116-104(109)92-89-86-83-80-77-74-71-68-65-62-60-57-55-52-50-47-45-43-41-38-35-32-29-26-23-20-17-14-11-8-5-2/h7-12,16-21,25-30,34-39,42-45,63,66,72,75,100-102,106-107H,4-6,13-15,22-24,31-33,40-41,46-62,64-65,67-71,73-74,76-99H2,1-3H3,(H,111,112)(H,113,114)/b10-7-,11-8-,12-9-,19-16-,20-17-,21-18-,28-25-,29-26-,30-27-,37-34-,38-35-,39-36-,44-42-,45-43-,66-63-,75-72-. The molecular formula is C105H176O16P2. The van der Waals surface area contributed by atoms with E-state index < -0.39 is 91.5 Å². The number of carbonyl (C=O) groups is 3. The summed E-state index contributed by atoms with van der Waals surface area (Å²) in [6.07, 6.45) is 128. The molecule has 0 aromatic heterocycles. The highest BCUT2D eigenvalue weighted by Gasteiger charge is 2.30. The van der Waals surface area contributed by atoms with Gasteiger partial charge in [0, 0.05) is 19.3 Å². The van der Waals surface area contributed by atoms with E-state index >= 15 is 0 Å². The summed E-state index contributed by atoms with van der Waals surface area (Å²) in [6.45, 7) is 2.36. The van der Waals surface area contributed by atoms with Crippen LogP contribution in [-0.4, -0.2) is 95.9 Å². The highest BCUT2D eigenvalue weighted by Crippen LogP contribution is 2.45. The fourth-order valence-electron chi connectivity index (χ4n) is 13.0. The van der Waals surface area contributed by atoms with Gasteiger partial charge in [-0.25, -0.2) is 9.13 Å². The van der Waals surface area contributed by atoms with Gasteiger partial charge >= 0.3 is 33.6 Å². The van der Waals surface area contributed by atoms with Crippen LogP contribution in [0.4, 0.5) is 0 Å². The zero-order chi connectivity index (χ0) is 89.3. The maximum Gasteiger partial charge on any atom is 0.472 e. The van der Waals surface area contributed by atoms with Crippen LogP contribution in [0, 0.1) is 0 Å². The van der Waals surface area contributed by atoms with Crippen molar-refractivity contribution in [2.45, 2.75) is 411 Å². The van der Waals surface area contributed by atoms with Crippen LogP contribution in [0.15, 0.2) is 194 Å². The van der Waals surface area contributed by atoms with Gasteiger partial charge in [0.15, 0.2) is 6.10 Å². The summed E-state index contributed by atoms with van der Waals surface area (Å²) >= 11 is 0. The van der Waals surface area contributed by atoms with Crippen molar-refractivity contribution in [3.63, 3.8) is 0 Å². The number of hydrogen-bond acceptors (Lipinski definition) is 14. The van der Waals surface area contributed by atoms with E-state index in [9.17, 15) is 43.5 Å². The van der Waals surface area contributed by atoms with Crippen molar-refractivity contribution < 1.29 is 75.8 Å². The summed E-state index contributed by atoms with van der Waals surface area (Å²) in [5.41, 5.74) is 0. The fourth-order valence-corrected chi connectivity index (χ4v) is 14.6. The Kier molecular flexibility index (Phi) is 91.1. The second-order valence-corrected chi connectivity index (χ2v) is 35.0. The van der Waals surface area contributed by atoms with Gasteiger partial charge in [0.05, 0.1) is 26.4 Å². The topological polar surface area (TPSA) is 231 Å². The molecule has 0 heterocycles. The molecule has 0 amide bonds. The van der Waals surface area contributed by atoms with Crippen LogP contribution < -0.4 is 0 Å². The third-order valence-electron chi connectivity index (χ3n) is 20.3. The molecule has 0 aliphatic rings. The number of hydrogen-bond donors (Lipinski definition) is 4. The largest absolute Gasteiger partial charge is 0.472 e. The van der Waals surface area contributed by atoms with Crippen LogP contribution in [0.25, 0.3) is 0 Å². The lowest BCUT2D eigenvalue weighted by molar-refractivity contribution is -0.161. The minimum Gasteiger partial charge on any atom is -0.463 e. The molecule has 123 heavy (non-hydrogen) atoms. The van der Waals surface area contributed by atoms with Gasteiger partial charge in [-0.1, -0.05) is 408 Å². The van der Waals surface area contributed by atoms with Crippen LogP contribution in [-0.2, 0) is 55.8 Å². The molecule has 5 atom stereocenters. The average molecular weight is 1760 g/mol. The van der Waals surface area contributed by atoms with Gasteiger partial charge in [-0.05, 0) is 161 Å². The number of phosphoric ester groups is 2. The number of aliphatic hydroxyl groups excluding tert-OH is 2. The Balaban J connectivity index is 4.60. The van der Waals surface area contributed by atoms with Gasteiger partial charge in [-0.15, -0.1) is 0 Å². The molecule has 0 aliphatic carbocycles. The maximum atomic E-state index is 13.1. The molecule has 0 rings (SSSR count). The molecule has 18 heteroatoms. The highest BCUT2D eigenvalue weighted by molar-refractivity contribution is 7.47. The quantitative estimate of drug-likeness (QED) is 0.0146. The van der Waals surface area contributed by atoms with Crippen molar-refractivity contribution in [3.05, 3.63) is 194 Å². The van der Waals surface area contributed by atoms with Crippen molar-refractivity contribution in [1.82, 2.24) is 0 Å². The molecule has 5 unspecified atom stereocenters. The minimum atomic E-state index is -4.96. The third-order valence-corrected chi connectivity index (χ3v) is 22.2. The van der Waals surface area contributed by atoms with E-state index in [0.29, 0.717) is 19.3 Å². The summed E-state index contributed by atoms with van der Waals surface area (Å²) in [4.78, 5) is 59.1. The van der Waals surface area contributed by atoms with Crippen molar-refractivity contribution in [1.29, 1.82) is 0 Å². The lowest BCUT2D eigenvalue weighted by atomic mass is 10.0. The second-order valence-electron chi connectivity index (χ2n) is 32.1. The molecule has 0 aromatic rings. The Morgan fingerprint density at radius 2 is 0.407 bits per heavy atom. The van der Waals surface area contributed by atoms with Crippen molar-refractivity contribution in [2.75, 3.05) is 39.6 Å². The molecule has 0 saturated heterocycles. The van der Waals surface area contributed by atoms with E-state index in [1.54, 1.807) is 0 Å². The smallest absolute Gasteiger partial charge is 0.463 e. The Morgan fingerprint density at radius 1 is 0.228 bits per heavy atom. The minimum absolute atomic E-state index is 0.0698. The first kappa shape index (κ1) is 117. The average Bonchev–Trinajstić information content (AvgIpc) is 0.893. The first-order chi connectivity index (χ1) is 60.2. The molecule has 0 aromatic carbocycles. The Hall–Kier alpha value is -5.61. The summed E-state index contributed by atoms with van der Waals surface area (Å²) in [7, 11) is -9.83.